The van der Waals surface area contributed by atoms with Gasteiger partial charge in [-0.3, -0.25) is 4.90 Å². The molecule has 2 aromatic rings. The molecule has 0 unspecified atom stereocenters. The van der Waals surface area contributed by atoms with Crippen LogP contribution in [0.4, 0.5) is 17.2 Å². The molecule has 4 aliphatic rings. The third-order valence-electron chi connectivity index (χ3n) is 7.64. The summed E-state index contributed by atoms with van der Waals surface area (Å²) in [4.78, 5) is 9.75. The largest absolute Gasteiger partial charge is 0.487 e. The van der Waals surface area contributed by atoms with E-state index in [9.17, 15) is 0 Å². The number of ether oxygens (including phenoxy) is 2. The Labute approximate surface area is 190 Å². The molecule has 1 aromatic heterocycles. The minimum Gasteiger partial charge on any atom is -0.487 e. The van der Waals surface area contributed by atoms with Gasteiger partial charge in [-0.1, -0.05) is 6.07 Å². The molecule has 4 aliphatic heterocycles. The van der Waals surface area contributed by atoms with Crippen molar-refractivity contribution in [3.8, 4) is 5.75 Å². The fourth-order valence-electron chi connectivity index (χ4n) is 5.68. The number of nitrogens with zero attached hydrogens (tertiary/aromatic N) is 3. The average molecular weight is 436 g/mol. The number of piperidine rings is 1. The van der Waals surface area contributed by atoms with E-state index < -0.39 is 0 Å². The van der Waals surface area contributed by atoms with Gasteiger partial charge in [0, 0.05) is 50.1 Å². The van der Waals surface area contributed by atoms with Crippen LogP contribution in [0.2, 0.25) is 0 Å². The first kappa shape index (κ1) is 20.3. The van der Waals surface area contributed by atoms with Crippen LogP contribution in [0.1, 0.15) is 36.8 Å². The molecule has 7 nitrogen and oxygen atoms in total. The quantitative estimate of drug-likeness (QED) is 0.768. The molecule has 0 amide bonds. The Morgan fingerprint density at radius 3 is 2.75 bits per heavy atom. The van der Waals surface area contributed by atoms with Crippen molar-refractivity contribution in [1.29, 1.82) is 0 Å². The highest BCUT2D eigenvalue weighted by Gasteiger charge is 2.34. The molecule has 2 N–H and O–H groups in total. The minimum atomic E-state index is 0.528. The normalized spacial score (nSPS) is 26.2. The molecular weight excluding hydrogens is 402 g/mol. The Morgan fingerprint density at radius 2 is 1.97 bits per heavy atom. The van der Waals surface area contributed by atoms with Gasteiger partial charge in [-0.25, -0.2) is 4.98 Å². The van der Waals surface area contributed by atoms with Crippen LogP contribution in [-0.2, 0) is 11.3 Å². The number of benzene rings is 1. The topological polar surface area (TPSA) is 61.9 Å². The zero-order valence-corrected chi connectivity index (χ0v) is 18.8. The number of pyridine rings is 1. The Bertz CT molecular complexity index is 973. The molecule has 0 bridgehead atoms. The number of hydrogen-bond donors (Lipinski definition) is 2. The third-order valence-corrected chi connectivity index (χ3v) is 7.64. The Hall–Kier alpha value is -2.35. The number of likely N-dealkylation sites (tertiary alicyclic amines) is 1. The molecule has 0 spiro atoms. The van der Waals surface area contributed by atoms with Crippen molar-refractivity contribution in [2.75, 3.05) is 56.2 Å². The van der Waals surface area contributed by atoms with E-state index >= 15 is 0 Å². The van der Waals surface area contributed by atoms with E-state index in [2.05, 4.69) is 56.6 Å². The lowest BCUT2D eigenvalue weighted by Crippen LogP contribution is -2.61. The van der Waals surface area contributed by atoms with Crippen molar-refractivity contribution in [2.24, 2.45) is 0 Å². The number of morpholine rings is 1. The lowest BCUT2D eigenvalue weighted by Gasteiger charge is -2.46. The van der Waals surface area contributed by atoms with Gasteiger partial charge in [0.05, 0.1) is 24.5 Å². The molecule has 0 aliphatic carbocycles. The summed E-state index contributed by atoms with van der Waals surface area (Å²) in [6.45, 7) is 9.74. The minimum absolute atomic E-state index is 0.528. The number of nitrogens with one attached hydrogen (secondary N) is 2. The Kier molecular flexibility index (Phi) is 5.41. The van der Waals surface area contributed by atoms with Gasteiger partial charge in [-0.2, -0.15) is 0 Å². The molecule has 0 saturated carbocycles. The number of anilines is 3. The van der Waals surface area contributed by atoms with Crippen molar-refractivity contribution in [3.05, 3.63) is 41.6 Å². The van der Waals surface area contributed by atoms with Crippen molar-refractivity contribution in [2.45, 2.75) is 44.4 Å². The summed E-state index contributed by atoms with van der Waals surface area (Å²) in [7, 11) is 0. The molecule has 3 saturated heterocycles. The van der Waals surface area contributed by atoms with Gasteiger partial charge in [-0.15, -0.1) is 0 Å². The molecule has 2 atom stereocenters. The summed E-state index contributed by atoms with van der Waals surface area (Å²) >= 11 is 0. The van der Waals surface area contributed by atoms with Gasteiger partial charge < -0.3 is 25.0 Å². The van der Waals surface area contributed by atoms with Gasteiger partial charge in [-0.05, 0) is 56.0 Å². The van der Waals surface area contributed by atoms with Crippen LogP contribution in [0.25, 0.3) is 0 Å². The molecule has 6 rings (SSSR count). The van der Waals surface area contributed by atoms with Crippen molar-refractivity contribution < 1.29 is 9.47 Å². The number of aromatic nitrogens is 1. The molecule has 170 valence electrons. The summed E-state index contributed by atoms with van der Waals surface area (Å²) in [5.74, 6) is 2.41. The molecule has 3 fully saturated rings. The van der Waals surface area contributed by atoms with Crippen molar-refractivity contribution in [1.82, 2.24) is 15.2 Å². The van der Waals surface area contributed by atoms with Crippen LogP contribution in [0.15, 0.2) is 30.5 Å². The Balaban J connectivity index is 1.23. The monoisotopic (exact) mass is 435 g/mol. The van der Waals surface area contributed by atoms with E-state index in [4.69, 9.17) is 9.47 Å². The van der Waals surface area contributed by atoms with E-state index in [0.717, 1.165) is 68.3 Å². The second-order valence-electron chi connectivity index (χ2n) is 9.55. The van der Waals surface area contributed by atoms with Crippen LogP contribution in [0.3, 0.4) is 0 Å². The number of rotatable bonds is 3. The summed E-state index contributed by atoms with van der Waals surface area (Å²) in [5.41, 5.74) is 4.77. The van der Waals surface area contributed by atoms with Crippen LogP contribution in [0.5, 0.6) is 5.75 Å². The highest BCUT2D eigenvalue weighted by molar-refractivity contribution is 5.73. The zero-order chi connectivity index (χ0) is 21.5. The molecular formula is C25H33N5O2. The third kappa shape index (κ3) is 3.72. The fraction of sp³-hybridized carbons (Fsp3) is 0.560. The second kappa shape index (κ2) is 8.54. The summed E-state index contributed by atoms with van der Waals surface area (Å²) in [6.07, 6.45) is 4.33. The van der Waals surface area contributed by atoms with E-state index in [-0.39, 0.29) is 0 Å². The lowest BCUT2D eigenvalue weighted by molar-refractivity contribution is 0.0659. The van der Waals surface area contributed by atoms with Gasteiger partial charge in [0.15, 0.2) is 0 Å². The maximum absolute atomic E-state index is 6.26. The average Bonchev–Trinajstić information content (AvgIpc) is 2.98. The van der Waals surface area contributed by atoms with Crippen LogP contribution in [-0.4, -0.2) is 67.9 Å². The first-order valence-corrected chi connectivity index (χ1v) is 12.1. The fourth-order valence-corrected chi connectivity index (χ4v) is 5.68. The van der Waals surface area contributed by atoms with Crippen LogP contribution < -0.4 is 20.3 Å². The lowest BCUT2D eigenvalue weighted by atomic mass is 9.84. The zero-order valence-electron chi connectivity index (χ0n) is 18.8. The molecule has 7 heteroatoms. The van der Waals surface area contributed by atoms with Gasteiger partial charge in [0.1, 0.15) is 18.2 Å². The van der Waals surface area contributed by atoms with Crippen LogP contribution >= 0.6 is 0 Å². The summed E-state index contributed by atoms with van der Waals surface area (Å²) < 4.78 is 11.8. The van der Waals surface area contributed by atoms with Gasteiger partial charge in [0.2, 0.25) is 0 Å². The standard InChI is InChI=1S/C25H33N5O2/c1-17-12-19(5-7-30(17)20-14-26-15-20)18-2-3-24-22(13-18)28-25-21(16-32-24)23(4-6-27-25)29-8-10-31-11-9-29/h2-4,6,13,17,19-20,26H,5,7-12,14-16H2,1H3,(H,27,28)/t17-,19+/m0/s1. The predicted octanol–water partition coefficient (Wildman–Crippen LogP) is 3.09. The highest BCUT2D eigenvalue weighted by Crippen LogP contribution is 2.40. The maximum Gasteiger partial charge on any atom is 0.143 e. The number of hydrogen-bond acceptors (Lipinski definition) is 7. The predicted molar refractivity (Wildman–Crippen MR) is 126 cm³/mol. The van der Waals surface area contributed by atoms with Crippen molar-refractivity contribution >= 4 is 17.2 Å². The van der Waals surface area contributed by atoms with E-state index in [0.29, 0.717) is 18.6 Å². The van der Waals surface area contributed by atoms with Crippen molar-refractivity contribution in [3.63, 3.8) is 0 Å². The SMILES string of the molecule is C[C@H]1C[C@H](c2ccc3c(c2)Nc2nccc(N4CCOCC4)c2CO3)CCN1C1CNC1. The first-order chi connectivity index (χ1) is 15.8. The summed E-state index contributed by atoms with van der Waals surface area (Å²) in [6, 6.07) is 10.2. The first-order valence-electron chi connectivity index (χ1n) is 12.1. The van der Waals surface area contributed by atoms with Gasteiger partial charge >= 0.3 is 0 Å². The summed E-state index contributed by atoms with van der Waals surface area (Å²) in [5, 5.41) is 7.02. The van der Waals surface area contributed by atoms with E-state index in [1.54, 1.807) is 0 Å². The molecule has 32 heavy (non-hydrogen) atoms. The van der Waals surface area contributed by atoms with Crippen LogP contribution in [0, 0.1) is 0 Å². The molecule has 5 heterocycles. The molecule has 0 radical (unpaired) electrons. The molecule has 1 aromatic carbocycles. The maximum atomic E-state index is 6.26. The number of fused-ring (bicyclic) bond motifs is 2. The second-order valence-corrected chi connectivity index (χ2v) is 9.55. The highest BCUT2D eigenvalue weighted by atomic mass is 16.5. The van der Waals surface area contributed by atoms with Gasteiger partial charge in [0.25, 0.3) is 0 Å². The Morgan fingerprint density at radius 1 is 1.09 bits per heavy atom. The van der Waals surface area contributed by atoms with E-state index in [1.807, 2.05) is 6.20 Å². The van der Waals surface area contributed by atoms with E-state index in [1.165, 1.54) is 30.6 Å². The smallest absolute Gasteiger partial charge is 0.143 e.